The first-order valence-electron chi connectivity index (χ1n) is 4.61. The summed E-state index contributed by atoms with van der Waals surface area (Å²) in [4.78, 5) is 22.0. The number of benzene rings is 1. The molecule has 86 valence electrons. The lowest BCUT2D eigenvalue weighted by Crippen LogP contribution is -2.43. The molecule has 0 heterocycles. The van der Waals surface area contributed by atoms with Gasteiger partial charge >= 0.3 is 11.8 Å². The Bertz CT molecular complexity index is 409. The van der Waals surface area contributed by atoms with Crippen molar-refractivity contribution in [2.45, 2.75) is 13.0 Å². The minimum Gasteiger partial charge on any atom is -0.341 e. The molecule has 0 saturated heterocycles. The highest BCUT2D eigenvalue weighted by molar-refractivity contribution is 6.34. The topological polar surface area (TPSA) is 84.2 Å². The largest absolute Gasteiger partial charge is 0.341 e. The fraction of sp³-hybridized carbons (Fsp3) is 0.200. The van der Waals surface area contributed by atoms with Crippen molar-refractivity contribution in [2.75, 3.05) is 0 Å². The van der Waals surface area contributed by atoms with Gasteiger partial charge in [-0.15, -0.1) is 0 Å². The summed E-state index contributed by atoms with van der Waals surface area (Å²) in [6.45, 7) is 1.64. The molecule has 16 heavy (non-hydrogen) atoms. The lowest BCUT2D eigenvalue weighted by atomic mass is 10.1. The normalized spacial score (nSPS) is 11.7. The average Bonchev–Trinajstić information content (AvgIpc) is 2.27. The molecule has 0 bridgehead atoms. The molecule has 0 saturated carbocycles. The lowest BCUT2D eigenvalue weighted by molar-refractivity contribution is -0.139. The van der Waals surface area contributed by atoms with Crippen molar-refractivity contribution in [3.8, 4) is 0 Å². The van der Waals surface area contributed by atoms with E-state index in [1.54, 1.807) is 18.4 Å². The molecule has 0 aliphatic carbocycles. The van der Waals surface area contributed by atoms with Crippen molar-refractivity contribution >= 4 is 11.8 Å². The summed E-state index contributed by atoms with van der Waals surface area (Å²) >= 11 is 0. The molecule has 0 fully saturated rings. The van der Waals surface area contributed by atoms with Crippen LogP contribution in [0, 0.1) is 5.82 Å². The van der Waals surface area contributed by atoms with Gasteiger partial charge in [-0.3, -0.25) is 15.0 Å². The number of hydrazine groups is 1. The van der Waals surface area contributed by atoms with E-state index in [0.717, 1.165) is 0 Å². The van der Waals surface area contributed by atoms with Gasteiger partial charge in [0.25, 0.3) is 0 Å². The maximum atomic E-state index is 12.9. The predicted octanol–water partition coefficient (Wildman–Crippen LogP) is -0.00720. The fourth-order valence-electron chi connectivity index (χ4n) is 1.19. The van der Waals surface area contributed by atoms with Crippen molar-refractivity contribution in [1.82, 2.24) is 10.7 Å². The summed E-state index contributed by atoms with van der Waals surface area (Å²) < 4.78 is 12.9. The number of amides is 2. The van der Waals surface area contributed by atoms with E-state index < -0.39 is 23.7 Å². The van der Waals surface area contributed by atoms with Crippen LogP contribution in [-0.2, 0) is 9.59 Å². The number of halogens is 1. The molecule has 0 aliphatic heterocycles. The fourth-order valence-corrected chi connectivity index (χ4v) is 1.19. The zero-order chi connectivity index (χ0) is 12.1. The summed E-state index contributed by atoms with van der Waals surface area (Å²) in [5.41, 5.74) is 2.28. The van der Waals surface area contributed by atoms with Crippen molar-refractivity contribution in [2.24, 2.45) is 5.84 Å². The number of nitrogens with one attached hydrogen (secondary N) is 2. The summed E-state index contributed by atoms with van der Waals surface area (Å²) in [5, 5.41) is 2.38. The highest BCUT2D eigenvalue weighted by Crippen LogP contribution is 2.12. The molecule has 4 N–H and O–H groups in total. The van der Waals surface area contributed by atoms with E-state index in [9.17, 15) is 14.0 Å². The summed E-state index contributed by atoms with van der Waals surface area (Å²) in [5.74, 6) is 2.59. The van der Waals surface area contributed by atoms with Crippen LogP contribution in [0.5, 0.6) is 0 Å². The molecule has 1 aromatic rings. The Morgan fingerprint density at radius 1 is 1.38 bits per heavy atom. The van der Waals surface area contributed by atoms with Crippen LogP contribution in [0.4, 0.5) is 4.39 Å². The van der Waals surface area contributed by atoms with Crippen molar-refractivity contribution in [3.05, 3.63) is 35.6 Å². The SMILES string of the molecule is CC(NC(=O)C(=O)NN)c1cccc(F)c1. The first kappa shape index (κ1) is 12.1. The lowest BCUT2D eigenvalue weighted by Gasteiger charge is -2.13. The van der Waals surface area contributed by atoms with Gasteiger partial charge in [-0.25, -0.2) is 10.2 Å². The first-order valence-corrected chi connectivity index (χ1v) is 4.61. The molecule has 1 rings (SSSR count). The standard InChI is InChI=1S/C10H12FN3O2/c1-6(13-9(15)10(16)14-12)7-3-2-4-8(11)5-7/h2-6H,12H2,1H3,(H,13,15)(H,14,16). The molecule has 0 aromatic heterocycles. The van der Waals surface area contributed by atoms with Crippen LogP contribution in [0.15, 0.2) is 24.3 Å². The van der Waals surface area contributed by atoms with Gasteiger partial charge in [-0.05, 0) is 24.6 Å². The van der Waals surface area contributed by atoms with Gasteiger partial charge in [0.15, 0.2) is 0 Å². The van der Waals surface area contributed by atoms with Gasteiger partial charge in [0.05, 0.1) is 6.04 Å². The van der Waals surface area contributed by atoms with Crippen LogP contribution >= 0.6 is 0 Å². The van der Waals surface area contributed by atoms with Gasteiger partial charge in [0, 0.05) is 0 Å². The Morgan fingerprint density at radius 3 is 2.62 bits per heavy atom. The smallest absolute Gasteiger partial charge is 0.323 e. The van der Waals surface area contributed by atoms with Crippen LogP contribution in [0.1, 0.15) is 18.5 Å². The van der Waals surface area contributed by atoms with Gasteiger partial charge in [0.2, 0.25) is 0 Å². The van der Waals surface area contributed by atoms with Crippen LogP contribution in [-0.4, -0.2) is 11.8 Å². The molecule has 0 spiro atoms. The zero-order valence-corrected chi connectivity index (χ0v) is 8.66. The third kappa shape index (κ3) is 3.03. The minimum atomic E-state index is -0.941. The van der Waals surface area contributed by atoms with Crippen molar-refractivity contribution in [3.63, 3.8) is 0 Å². The molecule has 0 aliphatic rings. The molecule has 5 nitrogen and oxygen atoms in total. The van der Waals surface area contributed by atoms with E-state index in [2.05, 4.69) is 5.32 Å². The van der Waals surface area contributed by atoms with Crippen molar-refractivity contribution < 1.29 is 14.0 Å². The Balaban J connectivity index is 2.69. The number of nitrogens with two attached hydrogens (primary N) is 1. The minimum absolute atomic E-state index is 0.401. The van der Waals surface area contributed by atoms with Crippen LogP contribution in [0.3, 0.4) is 0 Å². The molecule has 1 aromatic carbocycles. The Hall–Kier alpha value is -1.95. The van der Waals surface area contributed by atoms with Crippen LogP contribution < -0.4 is 16.6 Å². The molecule has 6 heteroatoms. The van der Waals surface area contributed by atoms with E-state index in [0.29, 0.717) is 5.56 Å². The Morgan fingerprint density at radius 2 is 2.06 bits per heavy atom. The quantitative estimate of drug-likeness (QED) is 0.286. The van der Waals surface area contributed by atoms with Gasteiger partial charge in [0.1, 0.15) is 5.82 Å². The highest BCUT2D eigenvalue weighted by atomic mass is 19.1. The first-order chi connectivity index (χ1) is 7.54. The molecular formula is C10H12FN3O2. The maximum absolute atomic E-state index is 12.9. The Labute approximate surface area is 91.8 Å². The van der Waals surface area contributed by atoms with E-state index >= 15 is 0 Å². The second-order valence-electron chi connectivity index (χ2n) is 3.22. The number of carbonyl (C=O) groups is 2. The third-order valence-corrected chi connectivity index (χ3v) is 2.03. The van der Waals surface area contributed by atoms with Crippen LogP contribution in [0.2, 0.25) is 0 Å². The predicted molar refractivity (Wildman–Crippen MR) is 55.3 cm³/mol. The molecule has 2 amide bonds. The second-order valence-corrected chi connectivity index (χ2v) is 3.22. The van der Waals surface area contributed by atoms with Gasteiger partial charge < -0.3 is 5.32 Å². The number of hydrogen-bond acceptors (Lipinski definition) is 3. The zero-order valence-electron chi connectivity index (χ0n) is 8.66. The second kappa shape index (κ2) is 5.22. The van der Waals surface area contributed by atoms with E-state index in [-0.39, 0.29) is 0 Å². The molecule has 1 atom stereocenters. The number of carbonyl (C=O) groups excluding carboxylic acids is 2. The summed E-state index contributed by atoms with van der Waals surface area (Å²) in [6.07, 6.45) is 0. The summed E-state index contributed by atoms with van der Waals surface area (Å²) in [7, 11) is 0. The van der Waals surface area contributed by atoms with E-state index in [4.69, 9.17) is 5.84 Å². The third-order valence-electron chi connectivity index (χ3n) is 2.03. The molecule has 0 radical (unpaired) electrons. The van der Waals surface area contributed by atoms with E-state index in [1.807, 2.05) is 0 Å². The van der Waals surface area contributed by atoms with Gasteiger partial charge in [-0.2, -0.15) is 0 Å². The van der Waals surface area contributed by atoms with Crippen LogP contribution in [0.25, 0.3) is 0 Å². The molecular weight excluding hydrogens is 213 g/mol. The Kier molecular flexibility index (Phi) is 3.96. The monoisotopic (exact) mass is 225 g/mol. The van der Waals surface area contributed by atoms with Gasteiger partial charge in [-0.1, -0.05) is 12.1 Å². The van der Waals surface area contributed by atoms with E-state index in [1.165, 1.54) is 18.2 Å². The highest BCUT2D eigenvalue weighted by Gasteiger charge is 2.15. The number of rotatable bonds is 2. The summed E-state index contributed by atoms with van der Waals surface area (Å²) in [6, 6.07) is 5.28. The average molecular weight is 225 g/mol. The molecule has 1 unspecified atom stereocenters. The maximum Gasteiger partial charge on any atom is 0.323 e. The number of hydrogen-bond donors (Lipinski definition) is 3. The van der Waals surface area contributed by atoms with Crippen molar-refractivity contribution in [1.29, 1.82) is 0 Å².